The number of rotatable bonds is 9. The molecule has 1 aromatic heterocycles. The van der Waals surface area contributed by atoms with E-state index >= 15 is 0 Å². The minimum Gasteiger partial charge on any atom is -0.347 e. The maximum absolute atomic E-state index is 12.3. The number of anilines is 1. The quantitative estimate of drug-likeness (QED) is 0.545. The second kappa shape index (κ2) is 9.74. The van der Waals surface area contributed by atoms with E-state index in [0.29, 0.717) is 23.8 Å². The van der Waals surface area contributed by atoms with Crippen LogP contribution in [0.1, 0.15) is 29.9 Å². The lowest BCUT2D eigenvalue weighted by molar-refractivity contribution is -0.121. The van der Waals surface area contributed by atoms with E-state index < -0.39 is 10.0 Å². The molecule has 8 nitrogen and oxygen atoms in total. The van der Waals surface area contributed by atoms with Crippen molar-refractivity contribution in [3.05, 3.63) is 65.5 Å². The number of amides is 1. The Labute approximate surface area is 182 Å². The van der Waals surface area contributed by atoms with Gasteiger partial charge in [0.15, 0.2) is 0 Å². The molecule has 0 bridgehead atoms. The lowest BCUT2D eigenvalue weighted by Gasteiger charge is -2.24. The molecule has 0 saturated heterocycles. The number of nitrogens with zero attached hydrogens (tertiary/aromatic N) is 3. The van der Waals surface area contributed by atoms with Gasteiger partial charge in [-0.2, -0.15) is 4.98 Å². The molecule has 0 atom stereocenters. The number of carbonyl (C=O) groups is 1. The van der Waals surface area contributed by atoms with Gasteiger partial charge in [0.05, 0.1) is 18.5 Å². The van der Waals surface area contributed by atoms with E-state index in [9.17, 15) is 13.2 Å². The highest BCUT2D eigenvalue weighted by Gasteiger charge is 2.19. The first-order valence-electron chi connectivity index (χ1n) is 9.94. The standard InChI is InChI=1S/C22H26N4O4S/c1-16-11-12-17(2)19(14-16)26(31(3,28)29)13-7-10-20(27)23-15-21-24-22(25-30-21)18-8-5-4-6-9-18/h4-6,8-9,11-12,14H,7,10,13,15H2,1-3H3,(H,23,27). The highest BCUT2D eigenvalue weighted by molar-refractivity contribution is 7.92. The third-order valence-electron chi connectivity index (χ3n) is 4.74. The van der Waals surface area contributed by atoms with Crippen molar-refractivity contribution in [1.82, 2.24) is 15.5 Å². The minimum atomic E-state index is -3.47. The minimum absolute atomic E-state index is 0.117. The van der Waals surface area contributed by atoms with Crippen LogP contribution in [-0.4, -0.2) is 37.3 Å². The van der Waals surface area contributed by atoms with Crippen molar-refractivity contribution < 1.29 is 17.7 Å². The summed E-state index contributed by atoms with van der Waals surface area (Å²) < 4.78 is 31.1. The monoisotopic (exact) mass is 442 g/mol. The topological polar surface area (TPSA) is 105 Å². The molecular weight excluding hydrogens is 416 g/mol. The van der Waals surface area contributed by atoms with Crippen LogP contribution in [0, 0.1) is 13.8 Å². The fourth-order valence-electron chi connectivity index (χ4n) is 3.13. The first-order valence-corrected chi connectivity index (χ1v) is 11.8. The van der Waals surface area contributed by atoms with Gasteiger partial charge in [0.1, 0.15) is 0 Å². The molecule has 3 rings (SSSR count). The SMILES string of the molecule is Cc1ccc(C)c(N(CCCC(=O)NCc2nc(-c3ccccc3)no2)S(C)(=O)=O)c1. The second-order valence-electron chi connectivity index (χ2n) is 7.38. The van der Waals surface area contributed by atoms with Gasteiger partial charge in [0.2, 0.25) is 27.6 Å². The number of aromatic nitrogens is 2. The van der Waals surface area contributed by atoms with E-state index in [1.807, 2.05) is 62.4 Å². The number of nitrogens with one attached hydrogen (secondary N) is 1. The largest absolute Gasteiger partial charge is 0.347 e. The number of aryl methyl sites for hydroxylation is 2. The first kappa shape index (κ1) is 22.5. The summed E-state index contributed by atoms with van der Waals surface area (Å²) in [6.07, 6.45) is 1.73. The average molecular weight is 443 g/mol. The highest BCUT2D eigenvalue weighted by Crippen LogP contribution is 2.24. The molecule has 0 aliphatic rings. The van der Waals surface area contributed by atoms with E-state index in [1.165, 1.54) is 10.6 Å². The van der Waals surface area contributed by atoms with Gasteiger partial charge in [-0.1, -0.05) is 47.6 Å². The Kier molecular flexibility index (Phi) is 7.06. The van der Waals surface area contributed by atoms with Crippen LogP contribution in [0.25, 0.3) is 11.4 Å². The second-order valence-corrected chi connectivity index (χ2v) is 9.29. The molecular formula is C22H26N4O4S. The Hall–Kier alpha value is -3.20. The zero-order valence-corrected chi connectivity index (χ0v) is 18.6. The molecule has 0 aliphatic carbocycles. The van der Waals surface area contributed by atoms with E-state index in [1.54, 1.807) is 0 Å². The van der Waals surface area contributed by atoms with Gasteiger partial charge in [0.25, 0.3) is 0 Å². The van der Waals surface area contributed by atoms with Crippen molar-refractivity contribution in [3.63, 3.8) is 0 Å². The summed E-state index contributed by atoms with van der Waals surface area (Å²) >= 11 is 0. The molecule has 0 aliphatic heterocycles. The number of hydrogen-bond acceptors (Lipinski definition) is 6. The predicted molar refractivity (Wildman–Crippen MR) is 119 cm³/mol. The molecule has 3 aromatic rings. The fraction of sp³-hybridized carbons (Fsp3) is 0.318. The molecule has 31 heavy (non-hydrogen) atoms. The number of benzene rings is 2. The molecule has 9 heteroatoms. The van der Waals surface area contributed by atoms with Gasteiger partial charge in [-0.15, -0.1) is 0 Å². The third kappa shape index (κ3) is 6.14. The van der Waals surface area contributed by atoms with E-state index in [4.69, 9.17) is 4.52 Å². The smallest absolute Gasteiger partial charge is 0.246 e. The molecule has 0 unspecified atom stereocenters. The average Bonchev–Trinajstić information content (AvgIpc) is 3.21. The molecule has 0 spiro atoms. The van der Waals surface area contributed by atoms with Gasteiger partial charge < -0.3 is 9.84 Å². The zero-order valence-electron chi connectivity index (χ0n) is 17.8. The summed E-state index contributed by atoms with van der Waals surface area (Å²) in [6.45, 7) is 4.12. The van der Waals surface area contributed by atoms with E-state index in [-0.39, 0.29) is 25.4 Å². The van der Waals surface area contributed by atoms with Crippen LogP contribution >= 0.6 is 0 Å². The number of carbonyl (C=O) groups excluding carboxylic acids is 1. The van der Waals surface area contributed by atoms with Crippen LogP contribution in [0.5, 0.6) is 0 Å². The van der Waals surface area contributed by atoms with Crippen LogP contribution in [0.3, 0.4) is 0 Å². The highest BCUT2D eigenvalue weighted by atomic mass is 32.2. The zero-order chi connectivity index (χ0) is 22.4. The maximum Gasteiger partial charge on any atom is 0.246 e. The summed E-state index contributed by atoms with van der Waals surface area (Å²) in [7, 11) is -3.47. The summed E-state index contributed by atoms with van der Waals surface area (Å²) in [5.74, 6) is 0.552. The van der Waals surface area contributed by atoms with E-state index in [0.717, 1.165) is 16.7 Å². The van der Waals surface area contributed by atoms with Crippen molar-refractivity contribution in [2.75, 3.05) is 17.1 Å². The van der Waals surface area contributed by atoms with Crippen LogP contribution in [0.4, 0.5) is 5.69 Å². The van der Waals surface area contributed by atoms with Crippen LogP contribution in [0.2, 0.25) is 0 Å². The van der Waals surface area contributed by atoms with Gasteiger partial charge >= 0.3 is 0 Å². The van der Waals surface area contributed by atoms with Crippen LogP contribution in [-0.2, 0) is 21.4 Å². The lowest BCUT2D eigenvalue weighted by Crippen LogP contribution is -2.32. The fourth-order valence-corrected chi connectivity index (χ4v) is 4.14. The Morgan fingerprint density at radius 1 is 1.13 bits per heavy atom. The Morgan fingerprint density at radius 2 is 1.87 bits per heavy atom. The molecule has 0 saturated carbocycles. The van der Waals surface area contributed by atoms with Gasteiger partial charge in [-0.05, 0) is 37.5 Å². The molecule has 0 radical (unpaired) electrons. The maximum atomic E-state index is 12.3. The van der Waals surface area contributed by atoms with Crippen LogP contribution in [0.15, 0.2) is 53.1 Å². The van der Waals surface area contributed by atoms with Crippen molar-refractivity contribution in [3.8, 4) is 11.4 Å². The Balaban J connectivity index is 1.53. The lowest BCUT2D eigenvalue weighted by atomic mass is 10.1. The summed E-state index contributed by atoms with van der Waals surface area (Å²) in [6, 6.07) is 15.1. The predicted octanol–water partition coefficient (Wildman–Crippen LogP) is 3.22. The van der Waals surface area contributed by atoms with Crippen molar-refractivity contribution >= 4 is 21.6 Å². The Bertz CT molecular complexity index is 1140. The van der Waals surface area contributed by atoms with Crippen molar-refractivity contribution in [2.24, 2.45) is 0 Å². The normalized spacial score (nSPS) is 11.3. The van der Waals surface area contributed by atoms with Gasteiger partial charge in [-0.25, -0.2) is 8.42 Å². The Morgan fingerprint density at radius 3 is 2.58 bits per heavy atom. The molecule has 1 amide bonds. The van der Waals surface area contributed by atoms with Crippen molar-refractivity contribution in [1.29, 1.82) is 0 Å². The van der Waals surface area contributed by atoms with Gasteiger partial charge in [-0.3, -0.25) is 9.10 Å². The first-order chi connectivity index (χ1) is 14.7. The number of hydrogen-bond donors (Lipinski definition) is 1. The van der Waals surface area contributed by atoms with Gasteiger partial charge in [0, 0.05) is 18.5 Å². The molecule has 0 fully saturated rings. The van der Waals surface area contributed by atoms with E-state index in [2.05, 4.69) is 15.5 Å². The molecule has 1 N–H and O–H groups in total. The summed E-state index contributed by atoms with van der Waals surface area (Å²) in [5, 5.41) is 6.65. The number of sulfonamides is 1. The summed E-state index contributed by atoms with van der Waals surface area (Å²) in [5.41, 5.74) is 3.31. The molecule has 1 heterocycles. The summed E-state index contributed by atoms with van der Waals surface area (Å²) in [4.78, 5) is 16.5. The van der Waals surface area contributed by atoms with Crippen molar-refractivity contribution in [2.45, 2.75) is 33.2 Å². The molecule has 2 aromatic carbocycles. The molecule has 164 valence electrons. The third-order valence-corrected chi connectivity index (χ3v) is 5.92. The van der Waals surface area contributed by atoms with Crippen LogP contribution < -0.4 is 9.62 Å².